The van der Waals surface area contributed by atoms with Crippen LogP contribution >= 0.6 is 27.3 Å². The Hall–Kier alpha value is 0.0600. The SMILES string of the molecule is NC(CN1CCOCC1)c1cc(Br)cs1. The van der Waals surface area contributed by atoms with E-state index in [4.69, 9.17) is 10.5 Å². The minimum absolute atomic E-state index is 0.124. The lowest BCUT2D eigenvalue weighted by atomic mass is 10.2. The molecule has 15 heavy (non-hydrogen) atoms. The minimum atomic E-state index is 0.124. The second-order valence-corrected chi connectivity index (χ2v) is 5.55. The van der Waals surface area contributed by atoms with Gasteiger partial charge in [0.15, 0.2) is 0 Å². The van der Waals surface area contributed by atoms with Crippen molar-refractivity contribution in [2.45, 2.75) is 6.04 Å². The average Bonchev–Trinajstić information content (AvgIpc) is 2.66. The Morgan fingerprint density at radius 1 is 1.53 bits per heavy atom. The number of halogens is 1. The van der Waals surface area contributed by atoms with Crippen molar-refractivity contribution in [1.82, 2.24) is 4.90 Å². The monoisotopic (exact) mass is 290 g/mol. The van der Waals surface area contributed by atoms with Gasteiger partial charge in [-0.05, 0) is 22.0 Å². The van der Waals surface area contributed by atoms with E-state index in [1.807, 2.05) is 0 Å². The van der Waals surface area contributed by atoms with Crippen molar-refractivity contribution in [1.29, 1.82) is 0 Å². The summed E-state index contributed by atoms with van der Waals surface area (Å²) in [5.41, 5.74) is 6.15. The Morgan fingerprint density at radius 3 is 2.87 bits per heavy atom. The normalized spacial score (nSPS) is 20.4. The molecular weight excluding hydrogens is 276 g/mol. The van der Waals surface area contributed by atoms with E-state index in [2.05, 4.69) is 32.3 Å². The molecule has 1 saturated heterocycles. The van der Waals surface area contributed by atoms with Gasteiger partial charge in [0.05, 0.1) is 19.3 Å². The molecule has 1 aliphatic heterocycles. The number of thiophene rings is 1. The fourth-order valence-corrected chi connectivity index (χ4v) is 3.11. The number of nitrogens with zero attached hydrogens (tertiary/aromatic N) is 1. The van der Waals surface area contributed by atoms with Crippen LogP contribution in [0.25, 0.3) is 0 Å². The zero-order valence-corrected chi connectivity index (χ0v) is 10.9. The van der Waals surface area contributed by atoms with E-state index >= 15 is 0 Å². The summed E-state index contributed by atoms with van der Waals surface area (Å²) in [5.74, 6) is 0. The molecule has 1 fully saturated rings. The predicted molar refractivity (Wildman–Crippen MR) is 66.2 cm³/mol. The summed E-state index contributed by atoms with van der Waals surface area (Å²) in [6.45, 7) is 4.60. The number of nitrogens with two attached hydrogens (primary N) is 1. The molecule has 1 atom stereocenters. The van der Waals surface area contributed by atoms with Gasteiger partial charge in [0.1, 0.15) is 0 Å². The van der Waals surface area contributed by atoms with Gasteiger partial charge in [-0.3, -0.25) is 4.90 Å². The first-order chi connectivity index (χ1) is 7.25. The highest BCUT2D eigenvalue weighted by Crippen LogP contribution is 2.24. The van der Waals surface area contributed by atoms with E-state index in [9.17, 15) is 0 Å². The molecule has 0 aromatic carbocycles. The zero-order chi connectivity index (χ0) is 10.7. The lowest BCUT2D eigenvalue weighted by molar-refractivity contribution is 0.0354. The zero-order valence-electron chi connectivity index (χ0n) is 8.49. The molecule has 2 N–H and O–H groups in total. The molecule has 2 heterocycles. The first-order valence-electron chi connectivity index (χ1n) is 5.05. The Morgan fingerprint density at radius 2 is 2.27 bits per heavy atom. The van der Waals surface area contributed by atoms with Crippen LogP contribution in [-0.2, 0) is 4.74 Å². The van der Waals surface area contributed by atoms with Crippen molar-refractivity contribution < 1.29 is 4.74 Å². The molecule has 0 saturated carbocycles. The highest BCUT2D eigenvalue weighted by Gasteiger charge is 2.16. The standard InChI is InChI=1S/C10H15BrN2OS/c11-8-5-10(15-7-8)9(12)6-13-1-3-14-4-2-13/h5,7,9H,1-4,6,12H2. The number of hydrogen-bond acceptors (Lipinski definition) is 4. The molecule has 1 aliphatic rings. The van der Waals surface area contributed by atoms with E-state index in [0.29, 0.717) is 0 Å². The molecule has 0 radical (unpaired) electrons. The van der Waals surface area contributed by atoms with Crippen molar-refractivity contribution in [2.24, 2.45) is 5.73 Å². The Bertz CT molecular complexity index is 312. The van der Waals surface area contributed by atoms with Gasteiger partial charge in [-0.15, -0.1) is 11.3 Å². The van der Waals surface area contributed by atoms with Gasteiger partial charge >= 0.3 is 0 Å². The van der Waals surface area contributed by atoms with E-state index in [1.165, 1.54) is 4.88 Å². The quantitative estimate of drug-likeness (QED) is 0.923. The van der Waals surface area contributed by atoms with Crippen molar-refractivity contribution >= 4 is 27.3 Å². The molecule has 0 aliphatic carbocycles. The number of rotatable bonds is 3. The fraction of sp³-hybridized carbons (Fsp3) is 0.600. The minimum Gasteiger partial charge on any atom is -0.379 e. The van der Waals surface area contributed by atoms with Gasteiger partial charge in [-0.1, -0.05) is 0 Å². The first-order valence-corrected chi connectivity index (χ1v) is 6.72. The van der Waals surface area contributed by atoms with Crippen molar-refractivity contribution in [2.75, 3.05) is 32.8 Å². The van der Waals surface area contributed by atoms with Gasteiger partial charge in [0.25, 0.3) is 0 Å². The molecule has 5 heteroatoms. The van der Waals surface area contributed by atoms with E-state index in [0.717, 1.165) is 37.3 Å². The van der Waals surface area contributed by atoms with Crippen LogP contribution in [0.4, 0.5) is 0 Å². The van der Waals surface area contributed by atoms with Crippen molar-refractivity contribution in [3.05, 3.63) is 20.8 Å². The Kier molecular flexibility index (Phi) is 4.16. The van der Waals surface area contributed by atoms with Crippen LogP contribution in [0.1, 0.15) is 10.9 Å². The Balaban J connectivity index is 1.88. The molecule has 0 spiro atoms. The van der Waals surface area contributed by atoms with Crippen LogP contribution in [0.3, 0.4) is 0 Å². The van der Waals surface area contributed by atoms with Crippen molar-refractivity contribution in [3.8, 4) is 0 Å². The summed E-state index contributed by atoms with van der Waals surface area (Å²) in [4.78, 5) is 3.61. The summed E-state index contributed by atoms with van der Waals surface area (Å²) >= 11 is 5.16. The number of morpholine rings is 1. The smallest absolute Gasteiger partial charge is 0.0594 e. The van der Waals surface area contributed by atoms with Crippen LogP contribution in [0.15, 0.2) is 15.9 Å². The Labute approximate surface area is 102 Å². The second-order valence-electron chi connectivity index (χ2n) is 3.69. The van der Waals surface area contributed by atoms with Crippen molar-refractivity contribution in [3.63, 3.8) is 0 Å². The maximum Gasteiger partial charge on any atom is 0.0594 e. The molecule has 2 rings (SSSR count). The third-order valence-corrected chi connectivity index (χ3v) is 4.34. The van der Waals surface area contributed by atoms with E-state index in [1.54, 1.807) is 11.3 Å². The molecule has 0 amide bonds. The van der Waals surface area contributed by atoms with Crippen LogP contribution in [0.2, 0.25) is 0 Å². The van der Waals surface area contributed by atoms with Gasteiger partial charge in [-0.2, -0.15) is 0 Å². The first kappa shape index (κ1) is 11.5. The summed E-state index contributed by atoms with van der Waals surface area (Å²) in [6.07, 6.45) is 0. The molecule has 1 aromatic heterocycles. The second kappa shape index (κ2) is 5.41. The molecule has 1 aromatic rings. The molecule has 1 unspecified atom stereocenters. The summed E-state index contributed by atoms with van der Waals surface area (Å²) in [6, 6.07) is 2.23. The predicted octanol–water partition coefficient (Wildman–Crippen LogP) is 1.84. The van der Waals surface area contributed by atoms with Crippen LogP contribution in [-0.4, -0.2) is 37.7 Å². The number of hydrogen-bond donors (Lipinski definition) is 1. The highest BCUT2D eigenvalue weighted by molar-refractivity contribution is 9.10. The molecule has 84 valence electrons. The van der Waals surface area contributed by atoms with Gasteiger partial charge < -0.3 is 10.5 Å². The topological polar surface area (TPSA) is 38.5 Å². The largest absolute Gasteiger partial charge is 0.379 e. The van der Waals surface area contributed by atoms with Crippen LogP contribution in [0, 0.1) is 0 Å². The average molecular weight is 291 g/mol. The van der Waals surface area contributed by atoms with Crippen LogP contribution in [0.5, 0.6) is 0 Å². The maximum atomic E-state index is 6.15. The number of ether oxygens (including phenoxy) is 1. The summed E-state index contributed by atoms with van der Waals surface area (Å²) < 4.78 is 6.43. The molecule has 3 nitrogen and oxygen atoms in total. The third-order valence-electron chi connectivity index (χ3n) is 2.51. The van der Waals surface area contributed by atoms with Gasteiger partial charge in [-0.25, -0.2) is 0 Å². The fourth-order valence-electron chi connectivity index (χ4n) is 1.67. The molecule has 0 bridgehead atoms. The van der Waals surface area contributed by atoms with Crippen LogP contribution < -0.4 is 5.73 Å². The molecular formula is C10H15BrN2OS. The van der Waals surface area contributed by atoms with Gasteiger partial charge in [0.2, 0.25) is 0 Å². The lowest BCUT2D eigenvalue weighted by Gasteiger charge is -2.28. The summed E-state index contributed by atoms with van der Waals surface area (Å²) in [5, 5.41) is 2.08. The van der Waals surface area contributed by atoms with E-state index < -0.39 is 0 Å². The lowest BCUT2D eigenvalue weighted by Crippen LogP contribution is -2.40. The highest BCUT2D eigenvalue weighted by atomic mass is 79.9. The maximum absolute atomic E-state index is 6.15. The van der Waals surface area contributed by atoms with Gasteiger partial charge in [0, 0.05) is 34.4 Å². The third kappa shape index (κ3) is 3.26. The summed E-state index contributed by atoms with van der Waals surface area (Å²) in [7, 11) is 0. The van der Waals surface area contributed by atoms with E-state index in [-0.39, 0.29) is 6.04 Å².